The molecule has 0 aliphatic carbocycles. The van der Waals surface area contributed by atoms with Crippen LogP contribution in [0.4, 0.5) is 0 Å². The van der Waals surface area contributed by atoms with Gasteiger partial charge in [0.25, 0.3) is 0 Å². The molecule has 1 atom stereocenters. The first-order valence-electron chi connectivity index (χ1n) is 7.17. The van der Waals surface area contributed by atoms with E-state index < -0.39 is 0 Å². The Kier molecular flexibility index (Phi) is 6.02. The highest BCUT2D eigenvalue weighted by Crippen LogP contribution is 2.24. The Hall–Kier alpha value is -1.39. The molecule has 2 aromatic rings. The molecule has 0 saturated carbocycles. The van der Waals surface area contributed by atoms with Gasteiger partial charge in [0.2, 0.25) is 0 Å². The molecule has 0 aliphatic heterocycles. The highest BCUT2D eigenvalue weighted by atomic mass is 32.1. The number of rotatable bonds is 8. The van der Waals surface area contributed by atoms with Crippen LogP contribution in [-0.4, -0.2) is 18.1 Å². The Bertz CT molecular complexity index is 499. The quantitative estimate of drug-likeness (QED) is 0.802. The fourth-order valence-corrected chi connectivity index (χ4v) is 2.78. The van der Waals surface area contributed by atoms with Gasteiger partial charge < -0.3 is 10.1 Å². The summed E-state index contributed by atoms with van der Waals surface area (Å²) in [6.07, 6.45) is 3.95. The predicted molar refractivity (Wildman–Crippen MR) is 84.5 cm³/mol. The molecule has 0 radical (unpaired) electrons. The summed E-state index contributed by atoms with van der Waals surface area (Å²) >= 11 is 1.71. The SMILES string of the molecule is CCCOc1cccc(C(Cc2cncs2)NCC)c1. The van der Waals surface area contributed by atoms with Crippen LogP contribution in [0.15, 0.2) is 36.0 Å². The van der Waals surface area contributed by atoms with E-state index in [0.717, 1.165) is 31.7 Å². The Balaban J connectivity index is 2.11. The number of hydrogen-bond acceptors (Lipinski definition) is 4. The zero-order valence-electron chi connectivity index (χ0n) is 12.1. The lowest BCUT2D eigenvalue weighted by molar-refractivity contribution is 0.316. The molecule has 4 heteroatoms. The molecule has 0 bridgehead atoms. The van der Waals surface area contributed by atoms with Crippen LogP contribution in [0.5, 0.6) is 5.75 Å². The molecule has 0 aliphatic rings. The zero-order chi connectivity index (χ0) is 14.2. The molecule has 0 saturated heterocycles. The molecule has 1 aromatic heterocycles. The Morgan fingerprint density at radius 3 is 2.95 bits per heavy atom. The molecule has 0 fully saturated rings. The van der Waals surface area contributed by atoms with Crippen LogP contribution in [0.3, 0.4) is 0 Å². The average molecular weight is 290 g/mol. The van der Waals surface area contributed by atoms with Crippen LogP contribution >= 0.6 is 11.3 Å². The first-order valence-corrected chi connectivity index (χ1v) is 8.05. The van der Waals surface area contributed by atoms with E-state index in [1.54, 1.807) is 11.3 Å². The summed E-state index contributed by atoms with van der Waals surface area (Å²) in [7, 11) is 0. The Morgan fingerprint density at radius 2 is 2.25 bits per heavy atom. The second kappa shape index (κ2) is 8.02. The molecule has 20 heavy (non-hydrogen) atoms. The van der Waals surface area contributed by atoms with E-state index in [0.29, 0.717) is 6.04 Å². The van der Waals surface area contributed by atoms with Crippen molar-refractivity contribution in [2.75, 3.05) is 13.2 Å². The van der Waals surface area contributed by atoms with Gasteiger partial charge >= 0.3 is 0 Å². The molecule has 1 N–H and O–H groups in total. The zero-order valence-corrected chi connectivity index (χ0v) is 13.0. The van der Waals surface area contributed by atoms with Crippen molar-refractivity contribution in [3.8, 4) is 5.75 Å². The summed E-state index contributed by atoms with van der Waals surface area (Å²) in [6, 6.07) is 8.70. The standard InChI is InChI=1S/C16H22N2OS/c1-3-8-19-14-7-5-6-13(9-14)16(18-4-2)10-15-11-17-12-20-15/h5-7,9,11-12,16,18H,3-4,8,10H2,1-2H3. The van der Waals surface area contributed by atoms with Crippen LogP contribution in [-0.2, 0) is 6.42 Å². The van der Waals surface area contributed by atoms with Gasteiger partial charge in [-0.3, -0.25) is 4.98 Å². The number of nitrogens with one attached hydrogen (secondary N) is 1. The van der Waals surface area contributed by atoms with Crippen molar-refractivity contribution in [1.82, 2.24) is 10.3 Å². The van der Waals surface area contributed by atoms with E-state index in [-0.39, 0.29) is 0 Å². The average Bonchev–Trinajstić information content (AvgIpc) is 2.98. The first kappa shape index (κ1) is 15.0. The maximum atomic E-state index is 5.72. The molecule has 0 spiro atoms. The molecule has 3 nitrogen and oxygen atoms in total. The van der Waals surface area contributed by atoms with Gasteiger partial charge in [-0.2, -0.15) is 0 Å². The van der Waals surface area contributed by atoms with Crippen molar-refractivity contribution in [2.24, 2.45) is 0 Å². The van der Waals surface area contributed by atoms with Crippen molar-refractivity contribution in [1.29, 1.82) is 0 Å². The number of nitrogens with zero attached hydrogens (tertiary/aromatic N) is 1. The Morgan fingerprint density at radius 1 is 1.35 bits per heavy atom. The third-order valence-corrected chi connectivity index (χ3v) is 3.87. The molecular formula is C16H22N2OS. The lowest BCUT2D eigenvalue weighted by Gasteiger charge is -2.18. The van der Waals surface area contributed by atoms with Crippen LogP contribution in [0, 0.1) is 0 Å². The van der Waals surface area contributed by atoms with Crippen molar-refractivity contribution >= 4 is 11.3 Å². The number of thiazole rings is 1. The minimum Gasteiger partial charge on any atom is -0.494 e. The van der Waals surface area contributed by atoms with Gasteiger partial charge in [0.1, 0.15) is 5.75 Å². The summed E-state index contributed by atoms with van der Waals surface area (Å²) in [6.45, 7) is 5.97. The number of hydrogen-bond donors (Lipinski definition) is 1. The van der Waals surface area contributed by atoms with Gasteiger partial charge in [-0.15, -0.1) is 11.3 Å². The van der Waals surface area contributed by atoms with E-state index in [9.17, 15) is 0 Å². The maximum Gasteiger partial charge on any atom is 0.119 e. The lowest BCUT2D eigenvalue weighted by atomic mass is 10.0. The van der Waals surface area contributed by atoms with Gasteiger partial charge in [-0.05, 0) is 30.7 Å². The van der Waals surface area contributed by atoms with E-state index in [2.05, 4.69) is 42.3 Å². The molecule has 0 amide bonds. The number of aromatic nitrogens is 1. The second-order valence-electron chi connectivity index (χ2n) is 4.70. The summed E-state index contributed by atoms with van der Waals surface area (Å²) in [4.78, 5) is 5.45. The number of ether oxygens (including phenoxy) is 1. The number of likely N-dealkylation sites (N-methyl/N-ethyl adjacent to an activating group) is 1. The van der Waals surface area contributed by atoms with Gasteiger partial charge in [-0.1, -0.05) is 26.0 Å². The first-order chi connectivity index (χ1) is 9.83. The summed E-state index contributed by atoms with van der Waals surface area (Å²) in [5, 5.41) is 3.54. The fraction of sp³-hybridized carbons (Fsp3) is 0.438. The summed E-state index contributed by atoms with van der Waals surface area (Å²) < 4.78 is 5.72. The van der Waals surface area contributed by atoms with Crippen LogP contribution in [0.1, 0.15) is 36.8 Å². The van der Waals surface area contributed by atoms with E-state index >= 15 is 0 Å². The lowest BCUT2D eigenvalue weighted by Crippen LogP contribution is -2.22. The molecule has 108 valence electrons. The molecule has 2 rings (SSSR count). The Labute approximate surface area is 125 Å². The number of benzene rings is 1. The second-order valence-corrected chi connectivity index (χ2v) is 5.67. The maximum absolute atomic E-state index is 5.72. The van der Waals surface area contributed by atoms with Gasteiger partial charge in [-0.25, -0.2) is 0 Å². The van der Waals surface area contributed by atoms with Crippen molar-refractivity contribution in [2.45, 2.75) is 32.7 Å². The largest absolute Gasteiger partial charge is 0.494 e. The third kappa shape index (κ3) is 4.32. The molecule has 1 unspecified atom stereocenters. The minimum atomic E-state index is 0.311. The van der Waals surface area contributed by atoms with Gasteiger partial charge in [0.15, 0.2) is 0 Å². The smallest absolute Gasteiger partial charge is 0.119 e. The summed E-state index contributed by atoms with van der Waals surface area (Å²) in [5.74, 6) is 0.955. The van der Waals surface area contributed by atoms with Crippen molar-refractivity contribution in [3.05, 3.63) is 46.4 Å². The predicted octanol–water partition coefficient (Wildman–Crippen LogP) is 3.83. The molecular weight excluding hydrogens is 268 g/mol. The van der Waals surface area contributed by atoms with Gasteiger partial charge in [0.05, 0.1) is 12.1 Å². The van der Waals surface area contributed by atoms with E-state index in [1.165, 1.54) is 10.4 Å². The molecule has 1 heterocycles. The molecule has 1 aromatic carbocycles. The monoisotopic (exact) mass is 290 g/mol. The van der Waals surface area contributed by atoms with Crippen LogP contribution in [0.2, 0.25) is 0 Å². The third-order valence-electron chi connectivity index (χ3n) is 3.07. The minimum absolute atomic E-state index is 0.311. The topological polar surface area (TPSA) is 34.1 Å². The van der Waals surface area contributed by atoms with E-state index in [4.69, 9.17) is 4.74 Å². The van der Waals surface area contributed by atoms with Crippen molar-refractivity contribution < 1.29 is 4.74 Å². The normalized spacial score (nSPS) is 12.3. The summed E-state index contributed by atoms with van der Waals surface area (Å²) in [5.41, 5.74) is 3.16. The fourth-order valence-electron chi connectivity index (χ4n) is 2.14. The highest BCUT2D eigenvalue weighted by Gasteiger charge is 2.12. The van der Waals surface area contributed by atoms with Crippen molar-refractivity contribution in [3.63, 3.8) is 0 Å². The van der Waals surface area contributed by atoms with Crippen LogP contribution < -0.4 is 10.1 Å². The van der Waals surface area contributed by atoms with Crippen LogP contribution in [0.25, 0.3) is 0 Å². The highest BCUT2D eigenvalue weighted by molar-refractivity contribution is 7.09. The van der Waals surface area contributed by atoms with Gasteiger partial charge in [0, 0.05) is 23.5 Å². The van der Waals surface area contributed by atoms with E-state index in [1.807, 2.05) is 17.8 Å².